The zero-order chi connectivity index (χ0) is 19.9. The van der Waals surface area contributed by atoms with E-state index in [4.69, 9.17) is 0 Å². The van der Waals surface area contributed by atoms with E-state index in [0.29, 0.717) is 6.42 Å². The van der Waals surface area contributed by atoms with E-state index in [1.165, 1.54) is 18.2 Å². The molecular formula is C20H21NO6. The van der Waals surface area contributed by atoms with Crippen molar-refractivity contribution < 1.29 is 24.4 Å². The number of ketones is 1. The van der Waals surface area contributed by atoms with Crippen LogP contribution in [0.25, 0.3) is 0 Å². The highest BCUT2D eigenvalue weighted by Gasteiger charge is 2.40. The molecule has 1 N–H and O–H groups in total. The van der Waals surface area contributed by atoms with Crippen molar-refractivity contribution in [3.05, 3.63) is 75.8 Å². The number of nitrogens with zero attached hydrogens (tertiary/aromatic N) is 1. The molecule has 0 heterocycles. The van der Waals surface area contributed by atoms with Gasteiger partial charge in [-0.2, -0.15) is 0 Å². The van der Waals surface area contributed by atoms with E-state index in [1.807, 2.05) is 30.3 Å². The van der Waals surface area contributed by atoms with Gasteiger partial charge < -0.3 is 9.84 Å². The minimum absolute atomic E-state index is 0.139. The minimum atomic E-state index is -2.16. The molecule has 0 radical (unpaired) electrons. The van der Waals surface area contributed by atoms with Crippen LogP contribution >= 0.6 is 0 Å². The number of carbonyl (C=O) groups excluding carboxylic acids is 2. The number of ether oxygens (including phenoxy) is 1. The average Bonchev–Trinajstić information content (AvgIpc) is 2.66. The highest BCUT2D eigenvalue weighted by molar-refractivity contribution is 5.89. The topological polar surface area (TPSA) is 107 Å². The molecule has 0 saturated carbocycles. The van der Waals surface area contributed by atoms with Crippen LogP contribution in [0.2, 0.25) is 0 Å². The lowest BCUT2D eigenvalue weighted by molar-refractivity contribution is -0.385. The van der Waals surface area contributed by atoms with E-state index in [1.54, 1.807) is 6.07 Å². The quantitative estimate of drug-likeness (QED) is 0.412. The lowest BCUT2D eigenvalue weighted by atomic mass is 9.87. The van der Waals surface area contributed by atoms with Gasteiger partial charge in [0.15, 0.2) is 5.60 Å². The van der Waals surface area contributed by atoms with Gasteiger partial charge in [-0.3, -0.25) is 14.9 Å². The predicted octanol–water partition coefficient (Wildman–Crippen LogP) is 2.63. The Labute approximate surface area is 156 Å². The van der Waals surface area contributed by atoms with Crippen molar-refractivity contribution in [1.82, 2.24) is 0 Å². The van der Waals surface area contributed by atoms with Gasteiger partial charge in [-0.25, -0.2) is 4.79 Å². The number of methoxy groups -OCH3 is 1. The van der Waals surface area contributed by atoms with Crippen molar-refractivity contribution in [3.63, 3.8) is 0 Å². The van der Waals surface area contributed by atoms with Crippen LogP contribution in [-0.2, 0) is 27.2 Å². The SMILES string of the molecule is COC(=O)[C@](O)(CC(=O)CCc1ccccc1)Cc1ccccc1[N+](=O)[O-]. The Morgan fingerprint density at radius 3 is 2.37 bits per heavy atom. The third-order valence-electron chi connectivity index (χ3n) is 4.26. The lowest BCUT2D eigenvalue weighted by Crippen LogP contribution is -2.44. The summed E-state index contributed by atoms with van der Waals surface area (Å²) in [7, 11) is 1.10. The second-order valence-corrected chi connectivity index (χ2v) is 6.29. The summed E-state index contributed by atoms with van der Waals surface area (Å²) in [4.78, 5) is 35.1. The number of aliphatic hydroxyl groups is 1. The number of hydrogen-bond acceptors (Lipinski definition) is 6. The average molecular weight is 371 g/mol. The zero-order valence-corrected chi connectivity index (χ0v) is 15.0. The Kier molecular flexibility index (Phi) is 6.79. The van der Waals surface area contributed by atoms with Crippen molar-refractivity contribution in [2.45, 2.75) is 31.3 Å². The first kappa shape index (κ1) is 20.3. The molecule has 2 rings (SSSR count). The Hall–Kier alpha value is -3.06. The molecule has 0 bridgehead atoms. The fourth-order valence-electron chi connectivity index (χ4n) is 2.89. The van der Waals surface area contributed by atoms with Crippen LogP contribution in [-0.4, -0.2) is 34.5 Å². The van der Waals surface area contributed by atoms with E-state index in [-0.39, 0.29) is 29.9 Å². The summed E-state index contributed by atoms with van der Waals surface area (Å²) in [6.07, 6.45) is -0.241. The molecule has 0 amide bonds. The van der Waals surface area contributed by atoms with E-state index < -0.39 is 22.9 Å². The number of aryl methyl sites for hydroxylation is 1. The molecule has 0 saturated heterocycles. The molecule has 2 aromatic carbocycles. The first-order valence-corrected chi connectivity index (χ1v) is 8.44. The van der Waals surface area contributed by atoms with Gasteiger partial charge in [0.05, 0.1) is 12.0 Å². The van der Waals surface area contributed by atoms with Gasteiger partial charge in [0.25, 0.3) is 5.69 Å². The third-order valence-corrected chi connectivity index (χ3v) is 4.26. The van der Waals surface area contributed by atoms with Crippen molar-refractivity contribution in [2.24, 2.45) is 0 Å². The Morgan fingerprint density at radius 1 is 1.11 bits per heavy atom. The maximum atomic E-state index is 12.4. The predicted molar refractivity (Wildman–Crippen MR) is 98.2 cm³/mol. The van der Waals surface area contributed by atoms with Gasteiger partial charge in [-0.1, -0.05) is 48.5 Å². The van der Waals surface area contributed by atoms with E-state index in [0.717, 1.165) is 12.7 Å². The molecule has 7 heteroatoms. The highest BCUT2D eigenvalue weighted by Crippen LogP contribution is 2.26. The zero-order valence-electron chi connectivity index (χ0n) is 15.0. The third kappa shape index (κ3) is 5.46. The summed E-state index contributed by atoms with van der Waals surface area (Å²) >= 11 is 0. The van der Waals surface area contributed by atoms with Crippen LogP contribution < -0.4 is 0 Å². The normalized spacial score (nSPS) is 12.8. The molecule has 0 aliphatic rings. The maximum absolute atomic E-state index is 12.4. The molecule has 0 unspecified atom stereocenters. The number of para-hydroxylation sites is 1. The lowest BCUT2D eigenvalue weighted by Gasteiger charge is -2.24. The molecular weight excluding hydrogens is 350 g/mol. The number of esters is 1. The molecule has 0 aromatic heterocycles. The summed E-state index contributed by atoms with van der Waals surface area (Å²) in [5.74, 6) is -1.32. The number of nitro benzene ring substituents is 1. The second-order valence-electron chi connectivity index (χ2n) is 6.29. The molecule has 142 valence electrons. The van der Waals surface area contributed by atoms with Crippen LogP contribution in [0.3, 0.4) is 0 Å². The van der Waals surface area contributed by atoms with Crippen molar-refractivity contribution in [3.8, 4) is 0 Å². The van der Waals surface area contributed by atoms with Crippen molar-refractivity contribution in [2.75, 3.05) is 7.11 Å². The number of carbonyl (C=O) groups is 2. The number of Topliss-reactive ketones (excluding diaryl/α,β-unsaturated/α-hetero) is 1. The number of nitro groups is 1. The Morgan fingerprint density at radius 2 is 1.74 bits per heavy atom. The fraction of sp³-hybridized carbons (Fsp3) is 0.300. The van der Waals surface area contributed by atoms with Crippen molar-refractivity contribution in [1.29, 1.82) is 0 Å². The molecule has 1 atom stereocenters. The Balaban J connectivity index is 2.15. The molecule has 0 aliphatic heterocycles. The number of benzene rings is 2. The number of rotatable bonds is 9. The van der Waals surface area contributed by atoms with Crippen LogP contribution in [0.1, 0.15) is 24.0 Å². The van der Waals surface area contributed by atoms with Gasteiger partial charge in [0, 0.05) is 30.9 Å². The van der Waals surface area contributed by atoms with Crippen LogP contribution in [0.5, 0.6) is 0 Å². The minimum Gasteiger partial charge on any atom is -0.467 e. The van der Waals surface area contributed by atoms with Gasteiger partial charge >= 0.3 is 5.97 Å². The first-order valence-electron chi connectivity index (χ1n) is 8.44. The van der Waals surface area contributed by atoms with Crippen molar-refractivity contribution >= 4 is 17.4 Å². The van der Waals surface area contributed by atoms with E-state index in [9.17, 15) is 24.8 Å². The molecule has 0 fully saturated rings. The molecule has 0 aliphatic carbocycles. The fourth-order valence-corrected chi connectivity index (χ4v) is 2.89. The molecule has 0 spiro atoms. The van der Waals surface area contributed by atoms with Crippen LogP contribution in [0.4, 0.5) is 5.69 Å². The van der Waals surface area contributed by atoms with Crippen LogP contribution in [0, 0.1) is 10.1 Å². The van der Waals surface area contributed by atoms with Gasteiger partial charge in [0.1, 0.15) is 5.78 Å². The van der Waals surface area contributed by atoms with Gasteiger partial charge in [0.2, 0.25) is 0 Å². The largest absolute Gasteiger partial charge is 0.467 e. The first-order chi connectivity index (χ1) is 12.9. The summed E-state index contributed by atoms with van der Waals surface area (Å²) in [5, 5.41) is 22.0. The standard InChI is InChI=1S/C20H21NO6/c1-27-19(23)20(24,13-16-9-5-6-10-18(16)21(25)26)14-17(22)12-11-15-7-3-2-4-8-15/h2-10,24H,11-14H2,1H3/t20-/m1/s1. The molecule has 7 nitrogen and oxygen atoms in total. The smallest absolute Gasteiger partial charge is 0.338 e. The molecule has 27 heavy (non-hydrogen) atoms. The van der Waals surface area contributed by atoms with Gasteiger partial charge in [-0.15, -0.1) is 0 Å². The van der Waals surface area contributed by atoms with E-state index >= 15 is 0 Å². The summed E-state index contributed by atoms with van der Waals surface area (Å²) in [6, 6.07) is 15.1. The number of hydrogen-bond donors (Lipinski definition) is 1. The monoisotopic (exact) mass is 371 g/mol. The highest BCUT2D eigenvalue weighted by atomic mass is 16.6. The Bertz CT molecular complexity index is 820. The summed E-state index contributed by atoms with van der Waals surface area (Å²) in [5.41, 5.74) is -1.26. The molecule has 2 aromatic rings. The summed E-state index contributed by atoms with van der Waals surface area (Å²) in [6.45, 7) is 0. The van der Waals surface area contributed by atoms with Gasteiger partial charge in [-0.05, 0) is 12.0 Å². The second kappa shape index (κ2) is 9.05. The van der Waals surface area contributed by atoms with E-state index in [2.05, 4.69) is 4.74 Å². The maximum Gasteiger partial charge on any atom is 0.338 e. The summed E-state index contributed by atoms with van der Waals surface area (Å²) < 4.78 is 4.64. The van der Waals surface area contributed by atoms with Crippen LogP contribution in [0.15, 0.2) is 54.6 Å².